The van der Waals surface area contributed by atoms with E-state index in [1.54, 1.807) is 18.2 Å². The molecule has 1 unspecified atom stereocenters. The van der Waals surface area contributed by atoms with Crippen LogP contribution >= 0.6 is 0 Å². The van der Waals surface area contributed by atoms with Crippen molar-refractivity contribution in [1.29, 1.82) is 0 Å². The average molecular weight is 446 g/mol. The molecule has 6 atom stereocenters. The second-order valence-corrected chi connectivity index (χ2v) is 8.53. The fourth-order valence-electron chi connectivity index (χ4n) is 4.18. The Labute approximate surface area is 186 Å². The maximum absolute atomic E-state index is 11.1. The number of rotatable bonds is 6. The summed E-state index contributed by atoms with van der Waals surface area (Å²) in [5.41, 5.74) is 3.13. The second kappa shape index (κ2) is 9.44. The largest absolute Gasteiger partial charge is 0.488 e. The van der Waals surface area contributed by atoms with E-state index in [1.807, 2.05) is 31.2 Å². The highest BCUT2D eigenvalue weighted by Crippen LogP contribution is 2.37. The molecule has 5 N–H and O–H groups in total. The molecule has 2 aliphatic rings. The Bertz CT molecular complexity index is 909. The Hall–Kier alpha value is -2.04. The van der Waals surface area contributed by atoms with E-state index < -0.39 is 36.8 Å². The highest BCUT2D eigenvalue weighted by atomic mass is 16.7. The number of ether oxygens (including phenoxy) is 3. The van der Waals surface area contributed by atoms with Gasteiger partial charge in [0, 0.05) is 12.0 Å². The standard InChI is InChI=1S/C24H30O8/c1-14-2-5-17(24(29)23(28)22(27)21(26)20(12-25)32-24)11-16(14)10-15-3-6-18(7-4-15)31-19-8-9-30-13-19/h2-7,11,19-23,25-29H,8-10,12-13H2,1H3/t19-,20+,21+,22-,23+,24?/m0/s1. The van der Waals surface area contributed by atoms with Gasteiger partial charge in [-0.25, -0.2) is 0 Å². The minimum Gasteiger partial charge on any atom is -0.488 e. The number of hydrogen-bond donors (Lipinski definition) is 5. The minimum absolute atomic E-state index is 0.0825. The van der Waals surface area contributed by atoms with E-state index >= 15 is 0 Å². The monoisotopic (exact) mass is 446 g/mol. The van der Waals surface area contributed by atoms with Crippen LogP contribution in [0.3, 0.4) is 0 Å². The maximum atomic E-state index is 11.1. The minimum atomic E-state index is -2.27. The summed E-state index contributed by atoms with van der Waals surface area (Å²) in [6, 6.07) is 12.9. The molecule has 2 aromatic carbocycles. The fourth-order valence-corrected chi connectivity index (χ4v) is 4.18. The summed E-state index contributed by atoms with van der Waals surface area (Å²) in [4.78, 5) is 0. The number of aliphatic hydroxyl groups is 5. The van der Waals surface area contributed by atoms with E-state index in [2.05, 4.69) is 0 Å². The second-order valence-electron chi connectivity index (χ2n) is 8.53. The highest BCUT2D eigenvalue weighted by Gasteiger charge is 2.53. The van der Waals surface area contributed by atoms with Crippen molar-refractivity contribution in [3.8, 4) is 5.75 Å². The van der Waals surface area contributed by atoms with Gasteiger partial charge in [-0.05, 0) is 48.2 Å². The van der Waals surface area contributed by atoms with E-state index in [1.165, 1.54) is 0 Å². The average Bonchev–Trinajstić information content (AvgIpc) is 3.30. The van der Waals surface area contributed by atoms with Crippen molar-refractivity contribution in [3.05, 3.63) is 64.7 Å². The first-order valence-electron chi connectivity index (χ1n) is 10.8. The van der Waals surface area contributed by atoms with Crippen LogP contribution in [0.1, 0.15) is 28.7 Å². The van der Waals surface area contributed by atoms with Gasteiger partial charge in [0.25, 0.3) is 0 Å². The normalized spacial score (nSPS) is 32.8. The molecule has 0 bridgehead atoms. The molecule has 8 heteroatoms. The summed E-state index contributed by atoms with van der Waals surface area (Å²) in [7, 11) is 0. The lowest BCUT2D eigenvalue weighted by molar-refractivity contribution is -0.357. The van der Waals surface area contributed by atoms with Gasteiger partial charge in [-0.2, -0.15) is 0 Å². The van der Waals surface area contributed by atoms with Gasteiger partial charge in [-0.1, -0.05) is 24.3 Å². The molecule has 0 spiro atoms. The van der Waals surface area contributed by atoms with Crippen LogP contribution in [0.15, 0.2) is 42.5 Å². The van der Waals surface area contributed by atoms with E-state index in [-0.39, 0.29) is 11.7 Å². The van der Waals surface area contributed by atoms with Gasteiger partial charge in [-0.3, -0.25) is 0 Å². The van der Waals surface area contributed by atoms with Crippen LogP contribution in [0.4, 0.5) is 0 Å². The molecule has 2 aromatic rings. The van der Waals surface area contributed by atoms with Crippen LogP contribution in [0, 0.1) is 6.92 Å². The van der Waals surface area contributed by atoms with Crippen molar-refractivity contribution >= 4 is 0 Å². The van der Waals surface area contributed by atoms with E-state index in [4.69, 9.17) is 14.2 Å². The van der Waals surface area contributed by atoms with Crippen molar-refractivity contribution in [3.63, 3.8) is 0 Å². The van der Waals surface area contributed by atoms with Crippen molar-refractivity contribution < 1.29 is 39.7 Å². The van der Waals surface area contributed by atoms with Gasteiger partial charge in [0.2, 0.25) is 5.79 Å². The third-order valence-electron chi connectivity index (χ3n) is 6.24. The van der Waals surface area contributed by atoms with Gasteiger partial charge < -0.3 is 39.7 Å². The molecule has 0 aliphatic carbocycles. The number of hydrogen-bond acceptors (Lipinski definition) is 8. The van der Waals surface area contributed by atoms with Crippen molar-refractivity contribution in [1.82, 2.24) is 0 Å². The third-order valence-corrected chi connectivity index (χ3v) is 6.24. The van der Waals surface area contributed by atoms with Crippen LogP contribution < -0.4 is 4.74 Å². The molecule has 32 heavy (non-hydrogen) atoms. The lowest BCUT2D eigenvalue weighted by Gasteiger charge is -2.45. The lowest BCUT2D eigenvalue weighted by atomic mass is 9.86. The molecule has 0 saturated carbocycles. The van der Waals surface area contributed by atoms with E-state index in [0.717, 1.165) is 35.5 Å². The van der Waals surface area contributed by atoms with Crippen molar-refractivity contribution in [2.24, 2.45) is 0 Å². The van der Waals surface area contributed by atoms with Crippen LogP contribution in [0.25, 0.3) is 0 Å². The predicted molar refractivity (Wildman–Crippen MR) is 114 cm³/mol. The fraction of sp³-hybridized carbons (Fsp3) is 0.500. The number of aliphatic hydroxyl groups excluding tert-OH is 4. The molecule has 0 aromatic heterocycles. The van der Waals surface area contributed by atoms with E-state index in [9.17, 15) is 25.5 Å². The summed E-state index contributed by atoms with van der Waals surface area (Å²) in [5.74, 6) is -1.49. The molecule has 4 rings (SSSR count). The van der Waals surface area contributed by atoms with Gasteiger partial charge in [-0.15, -0.1) is 0 Å². The molecule has 2 heterocycles. The molecular formula is C24H30O8. The zero-order valence-electron chi connectivity index (χ0n) is 17.9. The first kappa shape index (κ1) is 23.1. The SMILES string of the molecule is Cc1ccc(C2(O)O[C@H](CO)[C@@H](O)[C@H](O)[C@H]2O)cc1Cc1ccc(O[C@H]2CCOC2)cc1. The van der Waals surface area contributed by atoms with Crippen LogP contribution in [0.2, 0.25) is 0 Å². The summed E-state index contributed by atoms with van der Waals surface area (Å²) in [5, 5.41) is 51.1. The zero-order valence-corrected chi connectivity index (χ0v) is 17.9. The summed E-state index contributed by atoms with van der Waals surface area (Å²) < 4.78 is 16.7. The molecule has 8 nitrogen and oxygen atoms in total. The lowest BCUT2D eigenvalue weighted by Crippen LogP contribution is -2.63. The Morgan fingerprint density at radius 2 is 1.81 bits per heavy atom. The van der Waals surface area contributed by atoms with Gasteiger partial charge in [0.15, 0.2) is 0 Å². The Kier molecular flexibility index (Phi) is 6.83. The molecule has 0 amide bonds. The Morgan fingerprint density at radius 1 is 1.06 bits per heavy atom. The quantitative estimate of drug-likeness (QED) is 0.431. The number of aryl methyl sites for hydroxylation is 1. The molecule has 0 radical (unpaired) electrons. The molecular weight excluding hydrogens is 416 g/mol. The van der Waals surface area contributed by atoms with Crippen LogP contribution in [-0.2, 0) is 21.7 Å². The molecule has 2 aliphatic heterocycles. The van der Waals surface area contributed by atoms with E-state index in [0.29, 0.717) is 13.0 Å². The first-order chi connectivity index (χ1) is 15.3. The third kappa shape index (κ3) is 4.53. The summed E-state index contributed by atoms with van der Waals surface area (Å²) >= 11 is 0. The van der Waals surface area contributed by atoms with Gasteiger partial charge in [0.1, 0.15) is 36.3 Å². The Morgan fingerprint density at radius 3 is 2.47 bits per heavy atom. The maximum Gasteiger partial charge on any atom is 0.222 e. The van der Waals surface area contributed by atoms with Crippen LogP contribution in [-0.4, -0.2) is 75.9 Å². The summed E-state index contributed by atoms with van der Waals surface area (Å²) in [6.45, 7) is 2.65. The smallest absolute Gasteiger partial charge is 0.222 e. The van der Waals surface area contributed by atoms with Gasteiger partial charge in [0.05, 0.1) is 19.8 Å². The molecule has 2 saturated heterocycles. The van der Waals surface area contributed by atoms with Gasteiger partial charge >= 0.3 is 0 Å². The first-order valence-corrected chi connectivity index (χ1v) is 10.8. The zero-order chi connectivity index (χ0) is 22.9. The predicted octanol–water partition coefficient (Wildman–Crippen LogP) is 0.372. The topological polar surface area (TPSA) is 129 Å². The number of benzene rings is 2. The summed E-state index contributed by atoms with van der Waals surface area (Å²) in [6.07, 6.45) is -4.68. The van der Waals surface area contributed by atoms with Crippen LogP contribution in [0.5, 0.6) is 5.75 Å². The Balaban J connectivity index is 1.53. The van der Waals surface area contributed by atoms with Crippen molar-refractivity contribution in [2.75, 3.05) is 19.8 Å². The highest BCUT2D eigenvalue weighted by molar-refractivity contribution is 5.39. The van der Waals surface area contributed by atoms with Crippen molar-refractivity contribution in [2.45, 2.75) is 56.1 Å². The molecule has 174 valence electrons. The molecule has 2 fully saturated rings.